The maximum atomic E-state index is 12.6. The van der Waals surface area contributed by atoms with Crippen LogP contribution in [0.3, 0.4) is 0 Å². The van der Waals surface area contributed by atoms with Crippen molar-refractivity contribution in [3.05, 3.63) is 58.6 Å². The molecule has 0 aromatic heterocycles. The summed E-state index contributed by atoms with van der Waals surface area (Å²) in [5, 5.41) is 9.46. The Kier molecular flexibility index (Phi) is 8.92. The van der Waals surface area contributed by atoms with Gasteiger partial charge in [0.1, 0.15) is 11.5 Å². The molecule has 0 unspecified atom stereocenters. The van der Waals surface area contributed by atoms with Gasteiger partial charge in [0.25, 0.3) is 5.91 Å². The van der Waals surface area contributed by atoms with E-state index in [0.29, 0.717) is 27.8 Å². The number of nitriles is 1. The van der Waals surface area contributed by atoms with Gasteiger partial charge in [-0.15, -0.1) is 0 Å². The molecule has 0 bridgehead atoms. The highest BCUT2D eigenvalue weighted by Gasteiger charge is 2.18. The van der Waals surface area contributed by atoms with Gasteiger partial charge in [0, 0.05) is 35.0 Å². The smallest absolute Gasteiger partial charge is 0.331 e. The number of esters is 1. The first kappa shape index (κ1) is 23.8. The molecule has 0 saturated heterocycles. The number of carbonyl (C=O) groups excluding carboxylic acids is 2. The minimum absolute atomic E-state index is 0.137. The Morgan fingerprint density at radius 3 is 2.58 bits per heavy atom. The summed E-state index contributed by atoms with van der Waals surface area (Å²) in [5.41, 5.74) is 2.03. The quantitative estimate of drug-likeness (QED) is 0.427. The average molecular weight is 443 g/mol. The van der Waals surface area contributed by atoms with E-state index in [9.17, 15) is 9.59 Å². The Morgan fingerprint density at radius 2 is 1.94 bits per heavy atom. The number of halogens is 1. The van der Waals surface area contributed by atoms with Gasteiger partial charge >= 0.3 is 5.97 Å². The standard InChI is InChI=1S/C23H23ClN2O5/c1-16-13-18(7-9-20(16)24)26(12-4-11-25)22(27)15-31-23(28)10-6-17-5-8-19(29-2)14-21(17)30-3/h5-10,13-14H,4,12,15H2,1-3H3/b10-6+. The fourth-order valence-electron chi connectivity index (χ4n) is 2.73. The van der Waals surface area contributed by atoms with Crippen molar-refractivity contribution in [3.63, 3.8) is 0 Å². The molecule has 0 saturated carbocycles. The van der Waals surface area contributed by atoms with Gasteiger partial charge in [0.2, 0.25) is 0 Å². The average Bonchev–Trinajstić information content (AvgIpc) is 2.78. The van der Waals surface area contributed by atoms with Crippen LogP contribution in [-0.2, 0) is 14.3 Å². The molecule has 0 fully saturated rings. The monoisotopic (exact) mass is 442 g/mol. The molecular formula is C23H23ClN2O5. The highest BCUT2D eigenvalue weighted by Crippen LogP contribution is 2.26. The van der Waals surface area contributed by atoms with Gasteiger partial charge in [0.15, 0.2) is 6.61 Å². The molecule has 0 heterocycles. The van der Waals surface area contributed by atoms with Crippen molar-refractivity contribution in [1.29, 1.82) is 5.26 Å². The molecule has 31 heavy (non-hydrogen) atoms. The number of anilines is 1. The topological polar surface area (TPSA) is 88.9 Å². The molecule has 0 radical (unpaired) electrons. The third-order valence-electron chi connectivity index (χ3n) is 4.38. The predicted molar refractivity (Wildman–Crippen MR) is 118 cm³/mol. The predicted octanol–water partition coefficient (Wildman–Crippen LogP) is 4.17. The van der Waals surface area contributed by atoms with E-state index in [2.05, 4.69) is 0 Å². The summed E-state index contributed by atoms with van der Waals surface area (Å²) in [6.45, 7) is 1.53. The first-order chi connectivity index (χ1) is 14.9. The molecule has 0 N–H and O–H groups in total. The lowest BCUT2D eigenvalue weighted by Gasteiger charge is -2.22. The van der Waals surface area contributed by atoms with Gasteiger partial charge in [-0.05, 0) is 48.9 Å². The van der Waals surface area contributed by atoms with Crippen LogP contribution >= 0.6 is 11.6 Å². The van der Waals surface area contributed by atoms with E-state index in [-0.39, 0.29) is 13.0 Å². The summed E-state index contributed by atoms with van der Waals surface area (Å²) in [5.74, 6) is 0.0248. The highest BCUT2D eigenvalue weighted by atomic mass is 35.5. The third kappa shape index (κ3) is 6.76. The second kappa shape index (κ2) is 11.6. The number of rotatable bonds is 9. The number of ether oxygens (including phenoxy) is 3. The van der Waals surface area contributed by atoms with Crippen LogP contribution in [0.1, 0.15) is 17.5 Å². The number of nitrogens with zero attached hydrogens (tertiary/aromatic N) is 2. The molecular weight excluding hydrogens is 420 g/mol. The number of hydrogen-bond acceptors (Lipinski definition) is 6. The summed E-state index contributed by atoms with van der Waals surface area (Å²) in [4.78, 5) is 26.1. The van der Waals surface area contributed by atoms with Gasteiger partial charge in [-0.2, -0.15) is 5.26 Å². The van der Waals surface area contributed by atoms with Crippen molar-refractivity contribution in [1.82, 2.24) is 0 Å². The van der Waals surface area contributed by atoms with Crippen LogP contribution in [0.4, 0.5) is 5.69 Å². The maximum Gasteiger partial charge on any atom is 0.331 e. The van der Waals surface area contributed by atoms with E-state index in [1.807, 2.05) is 13.0 Å². The van der Waals surface area contributed by atoms with Gasteiger partial charge < -0.3 is 19.1 Å². The van der Waals surface area contributed by atoms with Crippen LogP contribution in [0.5, 0.6) is 11.5 Å². The Bertz CT molecular complexity index is 1010. The minimum atomic E-state index is -0.682. The summed E-state index contributed by atoms with van der Waals surface area (Å²) >= 11 is 6.05. The third-order valence-corrected chi connectivity index (χ3v) is 4.80. The number of aryl methyl sites for hydroxylation is 1. The van der Waals surface area contributed by atoms with E-state index in [1.165, 1.54) is 24.2 Å². The molecule has 2 aromatic rings. The number of hydrogen-bond donors (Lipinski definition) is 0. The summed E-state index contributed by atoms with van der Waals surface area (Å²) < 4.78 is 15.5. The van der Waals surface area contributed by atoms with E-state index in [4.69, 9.17) is 31.1 Å². The van der Waals surface area contributed by atoms with Crippen molar-refractivity contribution < 1.29 is 23.8 Å². The molecule has 8 heteroatoms. The van der Waals surface area contributed by atoms with Crippen LogP contribution in [-0.4, -0.2) is 39.2 Å². The molecule has 2 aromatic carbocycles. The number of benzene rings is 2. The van der Waals surface area contributed by atoms with E-state index >= 15 is 0 Å². The van der Waals surface area contributed by atoms with E-state index < -0.39 is 18.5 Å². The molecule has 0 aliphatic rings. The lowest BCUT2D eigenvalue weighted by Crippen LogP contribution is -2.35. The van der Waals surface area contributed by atoms with E-state index in [0.717, 1.165) is 5.56 Å². The van der Waals surface area contributed by atoms with Crippen LogP contribution in [0.2, 0.25) is 5.02 Å². The SMILES string of the molecule is COc1ccc(/C=C/C(=O)OCC(=O)N(CCC#N)c2ccc(Cl)c(C)c2)c(OC)c1. The fourth-order valence-corrected chi connectivity index (χ4v) is 2.85. The normalized spacial score (nSPS) is 10.4. The zero-order valence-electron chi connectivity index (χ0n) is 17.6. The lowest BCUT2D eigenvalue weighted by molar-refractivity contribution is -0.142. The second-order valence-corrected chi connectivity index (χ2v) is 6.84. The first-order valence-electron chi connectivity index (χ1n) is 9.40. The molecule has 0 aliphatic carbocycles. The summed E-state index contributed by atoms with van der Waals surface area (Å²) in [6.07, 6.45) is 2.88. The van der Waals surface area contributed by atoms with Crippen molar-refractivity contribution in [2.75, 3.05) is 32.3 Å². The van der Waals surface area contributed by atoms with Gasteiger partial charge in [-0.1, -0.05) is 11.6 Å². The first-order valence-corrected chi connectivity index (χ1v) is 9.77. The molecule has 162 valence electrons. The van der Waals surface area contributed by atoms with Gasteiger partial charge in [-0.25, -0.2) is 4.79 Å². The Hall–Kier alpha value is -3.50. The van der Waals surface area contributed by atoms with E-state index in [1.54, 1.807) is 43.5 Å². The second-order valence-electron chi connectivity index (χ2n) is 6.44. The lowest BCUT2D eigenvalue weighted by atomic mass is 10.2. The van der Waals surface area contributed by atoms with Crippen molar-refractivity contribution in [3.8, 4) is 17.6 Å². The van der Waals surface area contributed by atoms with Crippen LogP contribution in [0.25, 0.3) is 6.08 Å². The fraction of sp³-hybridized carbons (Fsp3) is 0.261. The Morgan fingerprint density at radius 1 is 1.16 bits per heavy atom. The molecule has 0 spiro atoms. The molecule has 7 nitrogen and oxygen atoms in total. The summed E-state index contributed by atoms with van der Waals surface area (Å²) in [6, 6.07) is 12.3. The zero-order valence-corrected chi connectivity index (χ0v) is 18.3. The van der Waals surface area contributed by atoms with Crippen molar-refractivity contribution in [2.45, 2.75) is 13.3 Å². The zero-order chi connectivity index (χ0) is 22.8. The summed E-state index contributed by atoms with van der Waals surface area (Å²) in [7, 11) is 3.06. The molecule has 0 aliphatic heterocycles. The van der Waals surface area contributed by atoms with Crippen molar-refractivity contribution >= 4 is 35.2 Å². The number of methoxy groups -OCH3 is 2. The highest BCUT2D eigenvalue weighted by molar-refractivity contribution is 6.31. The molecule has 2 rings (SSSR count). The van der Waals surface area contributed by atoms with Crippen molar-refractivity contribution in [2.24, 2.45) is 0 Å². The van der Waals surface area contributed by atoms with Crippen LogP contribution < -0.4 is 14.4 Å². The molecule has 1 amide bonds. The van der Waals surface area contributed by atoms with Gasteiger partial charge in [0.05, 0.1) is 26.7 Å². The molecule has 0 atom stereocenters. The Labute approximate surface area is 186 Å². The maximum absolute atomic E-state index is 12.6. The van der Waals surface area contributed by atoms with Gasteiger partial charge in [-0.3, -0.25) is 4.79 Å². The number of carbonyl (C=O) groups is 2. The van der Waals surface area contributed by atoms with Crippen LogP contribution in [0, 0.1) is 18.3 Å². The minimum Gasteiger partial charge on any atom is -0.497 e. The van der Waals surface area contributed by atoms with Crippen LogP contribution in [0.15, 0.2) is 42.5 Å². The number of amides is 1. The largest absolute Gasteiger partial charge is 0.497 e. The Balaban J connectivity index is 2.04.